The van der Waals surface area contributed by atoms with Crippen molar-refractivity contribution in [2.75, 3.05) is 12.3 Å². The van der Waals surface area contributed by atoms with Crippen LogP contribution in [-0.4, -0.2) is 23.5 Å². The van der Waals surface area contributed by atoms with E-state index in [0.29, 0.717) is 6.04 Å². The summed E-state index contributed by atoms with van der Waals surface area (Å²) in [5.41, 5.74) is 2.19. The van der Waals surface area contributed by atoms with E-state index < -0.39 is 0 Å². The van der Waals surface area contributed by atoms with E-state index in [1.165, 1.54) is 18.1 Å². The number of nitrogens with zero attached hydrogens (tertiary/aromatic N) is 1. The Balaban J connectivity index is 1.88. The smallest absolute Gasteiger partial charge is 0.156 e. The van der Waals surface area contributed by atoms with E-state index in [4.69, 9.17) is 0 Å². The van der Waals surface area contributed by atoms with Crippen LogP contribution >= 0.6 is 11.8 Å². The molecule has 4 heteroatoms. The Morgan fingerprint density at radius 1 is 1.47 bits per heavy atom. The van der Waals surface area contributed by atoms with Crippen LogP contribution in [0.25, 0.3) is 0 Å². The zero-order chi connectivity index (χ0) is 13.7. The van der Waals surface area contributed by atoms with Crippen LogP contribution in [0.4, 0.5) is 4.39 Å². The number of aryl methyl sites for hydroxylation is 1. The lowest BCUT2D eigenvalue weighted by molar-refractivity contribution is 0.570. The molecule has 1 aliphatic rings. The van der Waals surface area contributed by atoms with Crippen molar-refractivity contribution in [1.29, 1.82) is 0 Å². The fourth-order valence-corrected chi connectivity index (χ4v) is 3.23. The molecule has 1 N–H and O–H groups in total. The molecule has 0 aromatic heterocycles. The van der Waals surface area contributed by atoms with E-state index in [-0.39, 0.29) is 5.82 Å². The van der Waals surface area contributed by atoms with E-state index >= 15 is 0 Å². The van der Waals surface area contributed by atoms with Gasteiger partial charge in [-0.3, -0.25) is 4.99 Å². The van der Waals surface area contributed by atoms with Gasteiger partial charge in [-0.1, -0.05) is 24.8 Å². The van der Waals surface area contributed by atoms with E-state index in [1.807, 2.05) is 13.0 Å². The van der Waals surface area contributed by atoms with Crippen molar-refractivity contribution in [2.45, 2.75) is 39.2 Å². The molecule has 0 radical (unpaired) electrons. The summed E-state index contributed by atoms with van der Waals surface area (Å²) in [6, 6.07) is 5.55. The summed E-state index contributed by atoms with van der Waals surface area (Å²) in [5.74, 6) is 0.989. The van der Waals surface area contributed by atoms with Gasteiger partial charge in [-0.2, -0.15) is 0 Å². The molecule has 1 aliphatic heterocycles. The lowest BCUT2D eigenvalue weighted by atomic mass is 10.1. The highest BCUT2D eigenvalue weighted by Crippen LogP contribution is 2.16. The molecule has 2 nitrogen and oxygen atoms in total. The Kier molecular flexibility index (Phi) is 5.25. The van der Waals surface area contributed by atoms with Crippen molar-refractivity contribution in [3.63, 3.8) is 0 Å². The van der Waals surface area contributed by atoms with Crippen LogP contribution in [0.1, 0.15) is 30.9 Å². The van der Waals surface area contributed by atoms with Gasteiger partial charge in [-0.25, -0.2) is 4.39 Å². The minimum Gasteiger partial charge on any atom is -0.362 e. The van der Waals surface area contributed by atoms with Crippen LogP contribution in [-0.2, 0) is 6.42 Å². The molecule has 1 atom stereocenters. The molecule has 1 heterocycles. The third kappa shape index (κ3) is 4.23. The molecule has 19 heavy (non-hydrogen) atoms. The first-order chi connectivity index (χ1) is 9.19. The molecule has 2 rings (SSSR count). The van der Waals surface area contributed by atoms with Gasteiger partial charge in [0.2, 0.25) is 0 Å². The van der Waals surface area contributed by atoms with E-state index in [9.17, 15) is 4.39 Å². The molecule has 1 fully saturated rings. The second-order valence-corrected chi connectivity index (χ2v) is 5.98. The fraction of sp³-hybridized carbons (Fsp3) is 0.533. The van der Waals surface area contributed by atoms with E-state index in [2.05, 4.69) is 17.2 Å². The number of nitrogens with one attached hydrogen (secondary N) is 1. The number of thioether (sulfide) groups is 1. The topological polar surface area (TPSA) is 24.4 Å². The lowest BCUT2D eigenvalue weighted by Gasteiger charge is -2.24. The SMILES string of the molecule is CCC1CCSC(=NCCc2ccc(F)cc2C)N1. The predicted octanol–water partition coefficient (Wildman–Crippen LogP) is 3.54. The molecule has 0 bridgehead atoms. The molecule has 0 spiro atoms. The molecule has 1 aromatic rings. The van der Waals surface area contributed by atoms with Crippen LogP contribution < -0.4 is 5.32 Å². The average Bonchev–Trinajstić information content (AvgIpc) is 2.41. The number of hydrogen-bond donors (Lipinski definition) is 1. The van der Waals surface area contributed by atoms with Gasteiger partial charge in [0, 0.05) is 18.3 Å². The summed E-state index contributed by atoms with van der Waals surface area (Å²) in [4.78, 5) is 4.61. The van der Waals surface area contributed by atoms with Gasteiger partial charge in [0.15, 0.2) is 5.17 Å². The second kappa shape index (κ2) is 6.94. The van der Waals surface area contributed by atoms with Crippen LogP contribution in [0, 0.1) is 12.7 Å². The molecular formula is C15H21FN2S. The summed E-state index contributed by atoms with van der Waals surface area (Å²) < 4.78 is 13.0. The van der Waals surface area contributed by atoms with Crippen LogP contribution in [0.15, 0.2) is 23.2 Å². The second-order valence-electron chi connectivity index (χ2n) is 4.89. The summed E-state index contributed by atoms with van der Waals surface area (Å²) in [6.45, 7) is 4.91. The Hall–Kier alpha value is -1.03. The fourth-order valence-electron chi connectivity index (χ4n) is 2.20. The third-order valence-electron chi connectivity index (χ3n) is 3.47. The molecule has 0 saturated carbocycles. The van der Waals surface area contributed by atoms with Crippen molar-refractivity contribution < 1.29 is 4.39 Å². The molecule has 0 amide bonds. The Morgan fingerprint density at radius 2 is 2.32 bits per heavy atom. The molecule has 0 aliphatic carbocycles. The summed E-state index contributed by atoms with van der Waals surface area (Å²) in [6.07, 6.45) is 3.24. The molecule has 1 unspecified atom stereocenters. The predicted molar refractivity (Wildman–Crippen MR) is 81.4 cm³/mol. The number of amidine groups is 1. The maximum atomic E-state index is 13.0. The summed E-state index contributed by atoms with van der Waals surface area (Å²) >= 11 is 1.80. The van der Waals surface area contributed by atoms with Crippen molar-refractivity contribution in [3.05, 3.63) is 35.1 Å². The number of benzene rings is 1. The number of hydrogen-bond acceptors (Lipinski definition) is 2. The van der Waals surface area contributed by atoms with Crippen molar-refractivity contribution in [3.8, 4) is 0 Å². The normalized spacial score (nSPS) is 21.4. The Morgan fingerprint density at radius 3 is 3.05 bits per heavy atom. The Labute approximate surface area is 118 Å². The monoisotopic (exact) mass is 280 g/mol. The van der Waals surface area contributed by atoms with Gasteiger partial charge in [0.1, 0.15) is 5.82 Å². The molecular weight excluding hydrogens is 259 g/mol. The molecule has 104 valence electrons. The lowest BCUT2D eigenvalue weighted by Crippen LogP contribution is -2.37. The number of rotatable bonds is 4. The highest BCUT2D eigenvalue weighted by molar-refractivity contribution is 8.13. The van der Waals surface area contributed by atoms with Gasteiger partial charge in [-0.15, -0.1) is 0 Å². The van der Waals surface area contributed by atoms with Gasteiger partial charge in [0.05, 0.1) is 0 Å². The maximum absolute atomic E-state index is 13.0. The third-order valence-corrected chi connectivity index (χ3v) is 4.43. The maximum Gasteiger partial charge on any atom is 0.156 e. The average molecular weight is 280 g/mol. The van der Waals surface area contributed by atoms with Crippen molar-refractivity contribution in [1.82, 2.24) is 5.32 Å². The highest BCUT2D eigenvalue weighted by Gasteiger charge is 2.15. The quantitative estimate of drug-likeness (QED) is 0.912. The highest BCUT2D eigenvalue weighted by atomic mass is 32.2. The molecule has 1 saturated heterocycles. The van der Waals surface area contributed by atoms with Gasteiger partial charge >= 0.3 is 0 Å². The zero-order valence-corrected chi connectivity index (χ0v) is 12.4. The van der Waals surface area contributed by atoms with E-state index in [1.54, 1.807) is 17.8 Å². The van der Waals surface area contributed by atoms with Gasteiger partial charge in [-0.05, 0) is 49.4 Å². The largest absolute Gasteiger partial charge is 0.362 e. The van der Waals surface area contributed by atoms with Crippen LogP contribution in [0.3, 0.4) is 0 Å². The minimum absolute atomic E-state index is 0.164. The first-order valence-electron chi connectivity index (χ1n) is 6.88. The van der Waals surface area contributed by atoms with Crippen LogP contribution in [0.5, 0.6) is 0 Å². The van der Waals surface area contributed by atoms with Gasteiger partial charge < -0.3 is 5.32 Å². The summed E-state index contributed by atoms with van der Waals surface area (Å²) in [5, 5.41) is 4.53. The van der Waals surface area contributed by atoms with E-state index in [0.717, 1.165) is 35.9 Å². The standard InChI is InChI=1S/C15H21FN2S/c1-3-14-7-9-19-15(18-14)17-8-6-12-4-5-13(16)10-11(12)2/h4-5,10,14H,3,6-9H2,1-2H3,(H,17,18). The summed E-state index contributed by atoms with van der Waals surface area (Å²) in [7, 11) is 0. The number of aliphatic imine (C=N–C) groups is 1. The van der Waals surface area contributed by atoms with Crippen molar-refractivity contribution in [2.24, 2.45) is 4.99 Å². The van der Waals surface area contributed by atoms with Crippen molar-refractivity contribution >= 4 is 16.9 Å². The zero-order valence-electron chi connectivity index (χ0n) is 11.6. The number of halogens is 1. The molecule has 1 aromatic carbocycles. The van der Waals surface area contributed by atoms with Crippen LogP contribution in [0.2, 0.25) is 0 Å². The first-order valence-corrected chi connectivity index (χ1v) is 7.86. The Bertz CT molecular complexity index is 459. The first kappa shape index (κ1) is 14.4. The minimum atomic E-state index is -0.164. The van der Waals surface area contributed by atoms with Gasteiger partial charge in [0.25, 0.3) is 0 Å².